The van der Waals surface area contributed by atoms with Gasteiger partial charge in [0.25, 0.3) is 0 Å². The van der Waals surface area contributed by atoms with Crippen molar-refractivity contribution in [3.8, 4) is 0 Å². The van der Waals surface area contributed by atoms with E-state index in [-0.39, 0.29) is 0 Å². The Morgan fingerprint density at radius 2 is 1.87 bits per heavy atom. The minimum absolute atomic E-state index is 0.985. The van der Waals surface area contributed by atoms with Gasteiger partial charge in [-0.15, -0.1) is 0 Å². The second-order valence-corrected chi connectivity index (χ2v) is 10.2. The molecule has 1 heterocycles. The van der Waals surface area contributed by atoms with Gasteiger partial charge in [-0.1, -0.05) is 25.3 Å². The molecule has 0 amide bonds. The molecule has 82 valence electrons. The third-order valence-corrected chi connectivity index (χ3v) is 3.40. The van der Waals surface area contributed by atoms with Gasteiger partial charge in [0, 0.05) is 6.20 Å². The molecule has 0 aliphatic rings. The third kappa shape index (κ3) is 3.59. The molecule has 0 aliphatic heterocycles. The first-order valence-corrected chi connectivity index (χ1v) is 8.87. The van der Waals surface area contributed by atoms with Gasteiger partial charge in [-0.05, 0) is 26.3 Å². The first-order chi connectivity index (χ1) is 6.79. The number of aryl methyl sites for hydroxylation is 2. The summed E-state index contributed by atoms with van der Waals surface area (Å²) in [5.74, 6) is 0. The summed E-state index contributed by atoms with van der Waals surface area (Å²) in [6, 6.07) is 0. The van der Waals surface area contributed by atoms with Crippen molar-refractivity contribution in [2.45, 2.75) is 40.4 Å². The molecule has 15 heavy (non-hydrogen) atoms. The van der Waals surface area contributed by atoms with Gasteiger partial charge >= 0.3 is 0 Å². The van der Waals surface area contributed by atoms with Gasteiger partial charge in [-0.3, -0.25) is 4.98 Å². The van der Waals surface area contributed by atoms with Gasteiger partial charge in [0.1, 0.15) is 0 Å². The number of hydrogen-bond donors (Lipinski definition) is 0. The van der Waals surface area contributed by atoms with E-state index in [1.807, 2.05) is 20.0 Å². The molecule has 0 fully saturated rings. The predicted octanol–water partition coefficient (Wildman–Crippen LogP) is 3.37. The van der Waals surface area contributed by atoms with Crippen molar-refractivity contribution in [3.63, 3.8) is 0 Å². The van der Waals surface area contributed by atoms with Crippen molar-refractivity contribution in [3.05, 3.63) is 29.0 Å². The van der Waals surface area contributed by atoms with Crippen molar-refractivity contribution >= 4 is 13.6 Å². The van der Waals surface area contributed by atoms with Crippen LogP contribution in [0.3, 0.4) is 0 Å². The summed E-state index contributed by atoms with van der Waals surface area (Å²) in [7, 11) is -1.17. The van der Waals surface area contributed by atoms with E-state index in [4.69, 9.17) is 0 Å². The summed E-state index contributed by atoms with van der Waals surface area (Å²) in [4.78, 5) is 8.89. The van der Waals surface area contributed by atoms with Gasteiger partial charge in [-0.2, -0.15) is 0 Å². The monoisotopic (exact) mass is 220 g/mol. The van der Waals surface area contributed by atoms with E-state index in [1.165, 1.54) is 5.57 Å². The summed E-state index contributed by atoms with van der Waals surface area (Å²) >= 11 is 0. The molecule has 1 rings (SSSR count). The quantitative estimate of drug-likeness (QED) is 0.714. The summed E-state index contributed by atoms with van der Waals surface area (Å²) < 4.78 is 0. The van der Waals surface area contributed by atoms with Crippen molar-refractivity contribution in [2.24, 2.45) is 0 Å². The van der Waals surface area contributed by atoms with Crippen LogP contribution in [0.4, 0.5) is 0 Å². The van der Waals surface area contributed by atoms with E-state index in [0.29, 0.717) is 0 Å². The Labute approximate surface area is 93.5 Å². The first-order valence-electron chi connectivity index (χ1n) is 5.30. The smallest absolute Gasteiger partial charge is 0.0867 e. The van der Waals surface area contributed by atoms with Gasteiger partial charge < -0.3 is 0 Å². The molecular weight excluding hydrogens is 200 g/mol. The fraction of sp³-hybridized carbons (Fsp3) is 0.500. The highest BCUT2D eigenvalue weighted by molar-refractivity contribution is 6.81. The van der Waals surface area contributed by atoms with Gasteiger partial charge in [0.05, 0.1) is 25.2 Å². The highest BCUT2D eigenvalue weighted by Crippen LogP contribution is 2.18. The van der Waals surface area contributed by atoms with E-state index in [0.717, 1.165) is 17.1 Å². The van der Waals surface area contributed by atoms with Crippen LogP contribution in [0.25, 0.3) is 5.57 Å². The summed E-state index contributed by atoms with van der Waals surface area (Å²) in [5.41, 5.74) is 6.70. The van der Waals surface area contributed by atoms with E-state index >= 15 is 0 Å². The second kappa shape index (κ2) is 4.27. The molecule has 2 nitrogen and oxygen atoms in total. The standard InChI is InChI=1S/C12H20N2Si/c1-9(8-15(4,5)6)12-11(3)13-7-10(2)14-12/h7-8H,1-6H3. The maximum Gasteiger partial charge on any atom is 0.0867 e. The number of aromatic nitrogens is 2. The van der Waals surface area contributed by atoms with Crippen LogP contribution in [0.1, 0.15) is 24.0 Å². The Balaban J connectivity index is 3.16. The molecule has 0 aromatic carbocycles. The maximum absolute atomic E-state index is 4.55. The molecule has 3 heteroatoms. The molecule has 0 saturated carbocycles. The lowest BCUT2D eigenvalue weighted by Gasteiger charge is -2.13. The van der Waals surface area contributed by atoms with Crippen molar-refractivity contribution in [2.75, 3.05) is 0 Å². The van der Waals surface area contributed by atoms with Crippen LogP contribution in [0.15, 0.2) is 11.9 Å². The molecule has 0 radical (unpaired) electrons. The Bertz CT molecular complexity index is 389. The van der Waals surface area contributed by atoms with Crippen molar-refractivity contribution in [1.82, 2.24) is 9.97 Å². The van der Waals surface area contributed by atoms with Gasteiger partial charge in [0.15, 0.2) is 0 Å². The lowest BCUT2D eigenvalue weighted by molar-refractivity contribution is 1.04. The molecule has 0 bridgehead atoms. The van der Waals surface area contributed by atoms with E-state index in [1.54, 1.807) is 0 Å². The highest BCUT2D eigenvalue weighted by Gasteiger charge is 2.12. The minimum Gasteiger partial charge on any atom is -0.257 e. The predicted molar refractivity (Wildman–Crippen MR) is 68.5 cm³/mol. The molecule has 0 aliphatic carbocycles. The average Bonchev–Trinajstić information content (AvgIpc) is 2.06. The summed E-state index contributed by atoms with van der Waals surface area (Å²) in [5, 5.41) is 0. The molecule has 0 unspecified atom stereocenters. The molecule has 1 aromatic heterocycles. The Hall–Kier alpha value is -0.963. The zero-order valence-corrected chi connectivity index (χ0v) is 11.5. The Morgan fingerprint density at radius 1 is 1.27 bits per heavy atom. The second-order valence-electron chi connectivity index (χ2n) is 5.14. The fourth-order valence-electron chi connectivity index (χ4n) is 1.63. The third-order valence-electron chi connectivity index (χ3n) is 2.10. The van der Waals surface area contributed by atoms with Crippen LogP contribution in [0.2, 0.25) is 19.6 Å². The number of allylic oxidation sites excluding steroid dienone is 1. The van der Waals surface area contributed by atoms with Crippen LogP contribution in [0, 0.1) is 13.8 Å². The normalized spacial score (nSPS) is 13.1. The fourth-order valence-corrected chi connectivity index (χ4v) is 3.06. The highest BCUT2D eigenvalue weighted by atomic mass is 28.3. The van der Waals surface area contributed by atoms with E-state index < -0.39 is 8.07 Å². The number of hydrogen-bond acceptors (Lipinski definition) is 2. The molecule has 1 aromatic rings. The van der Waals surface area contributed by atoms with Crippen LogP contribution < -0.4 is 0 Å². The Kier molecular flexibility index (Phi) is 3.45. The largest absolute Gasteiger partial charge is 0.257 e. The zero-order chi connectivity index (χ0) is 11.6. The first kappa shape index (κ1) is 12.1. The van der Waals surface area contributed by atoms with Crippen molar-refractivity contribution in [1.29, 1.82) is 0 Å². The zero-order valence-electron chi connectivity index (χ0n) is 10.5. The van der Waals surface area contributed by atoms with Gasteiger partial charge in [0.2, 0.25) is 0 Å². The van der Waals surface area contributed by atoms with E-state index in [2.05, 4.69) is 42.2 Å². The number of rotatable bonds is 2. The summed E-state index contributed by atoms with van der Waals surface area (Å²) in [6.07, 6.45) is 1.82. The summed E-state index contributed by atoms with van der Waals surface area (Å²) in [6.45, 7) is 13.1. The van der Waals surface area contributed by atoms with Gasteiger partial charge in [-0.25, -0.2) is 4.98 Å². The molecule has 0 spiro atoms. The molecule has 0 N–H and O–H groups in total. The topological polar surface area (TPSA) is 25.8 Å². The average molecular weight is 220 g/mol. The lowest BCUT2D eigenvalue weighted by atomic mass is 10.2. The van der Waals surface area contributed by atoms with Crippen LogP contribution in [-0.2, 0) is 0 Å². The Morgan fingerprint density at radius 3 is 2.40 bits per heavy atom. The molecule has 0 saturated heterocycles. The minimum atomic E-state index is -1.17. The molecule has 0 atom stereocenters. The lowest BCUT2D eigenvalue weighted by Crippen LogP contribution is -2.16. The SMILES string of the molecule is CC(=C[Si](C)(C)C)c1nc(C)cnc1C. The number of nitrogens with zero attached hydrogens (tertiary/aromatic N) is 2. The molecular formula is C12H20N2Si. The van der Waals surface area contributed by atoms with E-state index in [9.17, 15) is 0 Å². The van der Waals surface area contributed by atoms with Crippen molar-refractivity contribution < 1.29 is 0 Å². The van der Waals surface area contributed by atoms with Crippen LogP contribution >= 0.6 is 0 Å². The maximum atomic E-state index is 4.55. The van der Waals surface area contributed by atoms with Crippen LogP contribution in [0.5, 0.6) is 0 Å². The van der Waals surface area contributed by atoms with Crippen LogP contribution in [-0.4, -0.2) is 18.0 Å².